The summed E-state index contributed by atoms with van der Waals surface area (Å²) in [4.78, 5) is 15.9. The van der Waals surface area contributed by atoms with Gasteiger partial charge in [-0.15, -0.1) is 0 Å². The van der Waals surface area contributed by atoms with Crippen LogP contribution >= 0.6 is 0 Å². The number of hydrogen-bond acceptors (Lipinski definition) is 3. The van der Waals surface area contributed by atoms with E-state index in [0.717, 1.165) is 11.1 Å². The first-order chi connectivity index (χ1) is 8.97. The number of amides is 1. The molecule has 2 rings (SSSR count). The number of aryl methyl sites for hydroxylation is 2. The number of nitrogens with two attached hydrogens (primary N) is 1. The number of anilines is 2. The van der Waals surface area contributed by atoms with Crippen molar-refractivity contribution < 1.29 is 9.18 Å². The largest absolute Gasteiger partial charge is 0.397 e. The minimum absolute atomic E-state index is 0.0121. The number of aromatic nitrogens is 1. The topological polar surface area (TPSA) is 68.0 Å². The zero-order valence-corrected chi connectivity index (χ0v) is 10.7. The highest BCUT2D eigenvalue weighted by molar-refractivity contribution is 6.04. The number of halogens is 1. The molecule has 4 nitrogen and oxygen atoms in total. The van der Waals surface area contributed by atoms with Crippen molar-refractivity contribution in [3.05, 3.63) is 53.0 Å². The predicted molar refractivity (Wildman–Crippen MR) is 72.5 cm³/mol. The number of carbonyl (C=O) groups excluding carboxylic acids is 1. The zero-order valence-electron chi connectivity index (χ0n) is 10.7. The van der Waals surface area contributed by atoms with Crippen LogP contribution in [-0.2, 0) is 0 Å². The molecular formula is C14H14FN3O. The molecule has 1 aromatic carbocycles. The van der Waals surface area contributed by atoms with Gasteiger partial charge < -0.3 is 11.1 Å². The second-order valence-electron chi connectivity index (χ2n) is 4.36. The molecular weight excluding hydrogens is 245 g/mol. The molecule has 19 heavy (non-hydrogen) atoms. The van der Waals surface area contributed by atoms with E-state index in [4.69, 9.17) is 5.73 Å². The van der Waals surface area contributed by atoms with E-state index in [1.165, 1.54) is 18.3 Å². The summed E-state index contributed by atoms with van der Waals surface area (Å²) in [5.41, 5.74) is 7.73. The first-order valence-corrected chi connectivity index (χ1v) is 5.77. The van der Waals surface area contributed by atoms with Crippen LogP contribution in [0.3, 0.4) is 0 Å². The van der Waals surface area contributed by atoms with Gasteiger partial charge in [-0.2, -0.15) is 0 Å². The molecule has 0 unspecified atom stereocenters. The van der Waals surface area contributed by atoms with E-state index in [0.29, 0.717) is 11.5 Å². The molecule has 0 saturated carbocycles. The number of nitrogens with zero attached hydrogens (tertiary/aromatic N) is 1. The van der Waals surface area contributed by atoms with E-state index >= 15 is 0 Å². The normalized spacial score (nSPS) is 10.3. The zero-order chi connectivity index (χ0) is 14.0. The minimum atomic E-state index is -0.551. The first-order valence-electron chi connectivity index (χ1n) is 5.77. The summed E-state index contributed by atoms with van der Waals surface area (Å²) in [5.74, 6) is -0.740. The van der Waals surface area contributed by atoms with Gasteiger partial charge in [-0.3, -0.25) is 4.79 Å². The van der Waals surface area contributed by atoms with Crippen molar-refractivity contribution in [2.75, 3.05) is 11.1 Å². The summed E-state index contributed by atoms with van der Waals surface area (Å²) in [6, 6.07) is 6.08. The lowest BCUT2D eigenvalue weighted by Crippen LogP contribution is -2.15. The average molecular weight is 259 g/mol. The summed E-state index contributed by atoms with van der Waals surface area (Å²) in [7, 11) is 0. The molecule has 1 amide bonds. The number of nitrogen functional groups attached to an aromatic ring is 1. The molecule has 0 bridgehead atoms. The van der Waals surface area contributed by atoms with Crippen LogP contribution in [-0.4, -0.2) is 10.9 Å². The molecule has 0 aliphatic rings. The lowest BCUT2D eigenvalue weighted by atomic mass is 10.1. The number of pyridine rings is 1. The van der Waals surface area contributed by atoms with Crippen molar-refractivity contribution in [3.63, 3.8) is 0 Å². The number of rotatable bonds is 2. The Balaban J connectivity index is 2.23. The number of hydrogen-bond donors (Lipinski definition) is 2. The van der Waals surface area contributed by atoms with Crippen molar-refractivity contribution in [3.8, 4) is 0 Å². The molecule has 5 heteroatoms. The predicted octanol–water partition coefficient (Wildman–Crippen LogP) is 2.67. The summed E-state index contributed by atoms with van der Waals surface area (Å²) < 4.78 is 13.6. The summed E-state index contributed by atoms with van der Waals surface area (Å²) in [6.07, 6.45) is 1.45. The first kappa shape index (κ1) is 13.0. The van der Waals surface area contributed by atoms with Crippen molar-refractivity contribution in [2.45, 2.75) is 13.8 Å². The Morgan fingerprint density at radius 1 is 1.32 bits per heavy atom. The Kier molecular flexibility index (Phi) is 3.46. The third kappa shape index (κ3) is 2.88. The van der Waals surface area contributed by atoms with E-state index in [2.05, 4.69) is 10.3 Å². The quantitative estimate of drug-likeness (QED) is 0.871. The second kappa shape index (κ2) is 5.06. The van der Waals surface area contributed by atoms with Gasteiger partial charge >= 0.3 is 0 Å². The van der Waals surface area contributed by atoms with Crippen LogP contribution in [0.5, 0.6) is 0 Å². The maximum absolute atomic E-state index is 13.6. The van der Waals surface area contributed by atoms with Crippen LogP contribution in [0.1, 0.15) is 21.5 Å². The summed E-state index contributed by atoms with van der Waals surface area (Å²) >= 11 is 0. The van der Waals surface area contributed by atoms with E-state index in [1.807, 2.05) is 0 Å². The molecule has 1 aromatic heterocycles. The Bertz CT molecular complexity index is 641. The van der Waals surface area contributed by atoms with Crippen LogP contribution in [0.4, 0.5) is 15.9 Å². The smallest absolute Gasteiger partial charge is 0.259 e. The average Bonchev–Trinajstić information content (AvgIpc) is 2.33. The third-order valence-electron chi connectivity index (χ3n) is 2.76. The molecule has 3 N–H and O–H groups in total. The fourth-order valence-corrected chi connectivity index (χ4v) is 1.62. The molecule has 0 radical (unpaired) electrons. The highest BCUT2D eigenvalue weighted by atomic mass is 19.1. The van der Waals surface area contributed by atoms with Crippen LogP contribution in [0.15, 0.2) is 30.5 Å². The second-order valence-corrected chi connectivity index (χ2v) is 4.36. The van der Waals surface area contributed by atoms with Crippen molar-refractivity contribution in [1.29, 1.82) is 0 Å². The summed E-state index contributed by atoms with van der Waals surface area (Å²) in [6.45, 7) is 3.56. The van der Waals surface area contributed by atoms with E-state index in [-0.39, 0.29) is 5.56 Å². The van der Waals surface area contributed by atoms with Crippen LogP contribution in [0.25, 0.3) is 0 Å². The lowest BCUT2D eigenvalue weighted by Gasteiger charge is -2.07. The van der Waals surface area contributed by atoms with Gasteiger partial charge in [0.15, 0.2) is 0 Å². The van der Waals surface area contributed by atoms with Gasteiger partial charge in [0.25, 0.3) is 5.91 Å². The molecule has 0 saturated heterocycles. The maximum Gasteiger partial charge on any atom is 0.259 e. The Morgan fingerprint density at radius 3 is 2.68 bits per heavy atom. The highest BCUT2D eigenvalue weighted by Crippen LogP contribution is 2.15. The van der Waals surface area contributed by atoms with E-state index in [9.17, 15) is 9.18 Å². The van der Waals surface area contributed by atoms with Gasteiger partial charge in [-0.1, -0.05) is 6.07 Å². The fraction of sp³-hybridized carbons (Fsp3) is 0.143. The van der Waals surface area contributed by atoms with Gasteiger partial charge in [-0.05, 0) is 43.2 Å². The molecule has 2 aromatic rings. The van der Waals surface area contributed by atoms with Crippen LogP contribution in [0, 0.1) is 19.7 Å². The molecule has 1 heterocycles. The fourth-order valence-electron chi connectivity index (χ4n) is 1.62. The van der Waals surface area contributed by atoms with E-state index < -0.39 is 11.7 Å². The lowest BCUT2D eigenvalue weighted by molar-refractivity contribution is 0.102. The highest BCUT2D eigenvalue weighted by Gasteiger charge is 2.12. The van der Waals surface area contributed by atoms with E-state index in [1.54, 1.807) is 26.0 Å². The van der Waals surface area contributed by atoms with Crippen molar-refractivity contribution >= 4 is 17.4 Å². The number of nitrogens with one attached hydrogen (secondary N) is 1. The third-order valence-corrected chi connectivity index (χ3v) is 2.76. The molecule has 0 spiro atoms. The SMILES string of the molecule is Cc1ccc(C(=O)Nc2cc(C)c(N)cn2)c(F)c1. The maximum atomic E-state index is 13.6. The minimum Gasteiger partial charge on any atom is -0.397 e. The number of benzene rings is 1. The van der Waals surface area contributed by atoms with Gasteiger partial charge in [0.1, 0.15) is 11.6 Å². The number of carbonyl (C=O) groups is 1. The Hall–Kier alpha value is -2.43. The molecule has 0 aliphatic heterocycles. The van der Waals surface area contributed by atoms with Gasteiger partial charge in [0.2, 0.25) is 0 Å². The molecule has 0 fully saturated rings. The Morgan fingerprint density at radius 2 is 2.05 bits per heavy atom. The van der Waals surface area contributed by atoms with Crippen LogP contribution < -0.4 is 11.1 Å². The van der Waals surface area contributed by atoms with Crippen LogP contribution in [0.2, 0.25) is 0 Å². The molecule has 98 valence electrons. The molecule has 0 atom stereocenters. The van der Waals surface area contributed by atoms with Crippen molar-refractivity contribution in [2.24, 2.45) is 0 Å². The Labute approximate surface area is 110 Å². The van der Waals surface area contributed by atoms with Gasteiger partial charge in [0.05, 0.1) is 17.4 Å². The van der Waals surface area contributed by atoms with Gasteiger partial charge in [0, 0.05) is 0 Å². The molecule has 0 aliphatic carbocycles. The van der Waals surface area contributed by atoms with Crippen molar-refractivity contribution in [1.82, 2.24) is 4.98 Å². The monoisotopic (exact) mass is 259 g/mol. The van der Waals surface area contributed by atoms with Gasteiger partial charge in [-0.25, -0.2) is 9.37 Å². The summed E-state index contributed by atoms with van der Waals surface area (Å²) in [5, 5.41) is 2.54. The standard InChI is InChI=1S/C14H14FN3O/c1-8-3-4-10(11(15)5-8)14(19)18-13-6-9(2)12(16)7-17-13/h3-7H,16H2,1-2H3,(H,17,18,19).